The summed E-state index contributed by atoms with van der Waals surface area (Å²) in [5.74, 6) is -1.16. The van der Waals surface area contributed by atoms with Crippen LogP contribution in [0.3, 0.4) is 0 Å². The van der Waals surface area contributed by atoms with Crippen molar-refractivity contribution in [2.24, 2.45) is 0 Å². The predicted octanol–water partition coefficient (Wildman–Crippen LogP) is 0.0996. The number of cyclic esters (lactones) is 2. The topological polar surface area (TPSA) is 107 Å². The van der Waals surface area contributed by atoms with E-state index in [9.17, 15) is 24.9 Å². The first-order chi connectivity index (χ1) is 8.65. The molecule has 0 saturated carbocycles. The fourth-order valence-electron chi connectivity index (χ4n) is 2.31. The Balaban J connectivity index is 0.000000428. The molecule has 7 heteroatoms. The van der Waals surface area contributed by atoms with Crippen LogP contribution in [-0.4, -0.2) is 49.3 Å². The molecule has 0 aromatic rings. The molecule has 1 rings (SSSR count). The van der Waals surface area contributed by atoms with Crippen molar-refractivity contribution in [1.29, 1.82) is 0 Å². The highest BCUT2D eigenvalue weighted by Crippen LogP contribution is 2.29. The summed E-state index contributed by atoms with van der Waals surface area (Å²) in [7, 11) is 0. The van der Waals surface area contributed by atoms with E-state index < -0.39 is 29.1 Å². The molecule has 1 aliphatic heterocycles. The van der Waals surface area contributed by atoms with Gasteiger partial charge in [-0.2, -0.15) is 0 Å². The Morgan fingerprint density at radius 1 is 0.800 bits per heavy atom. The molecule has 0 radical (unpaired) electrons. The van der Waals surface area contributed by atoms with Crippen molar-refractivity contribution in [3.05, 3.63) is 12.2 Å². The van der Waals surface area contributed by atoms with Gasteiger partial charge in [-0.3, -0.25) is 0 Å². The molecule has 0 unspecified atom stereocenters. The van der Waals surface area contributed by atoms with E-state index in [0.717, 1.165) is 12.2 Å². The standard InChI is InChI=1S/C9H21NO3.C4H2O3/c1-7(2,11)10(8(3,4)12)9(5,6)13;5-3-1-2-4(6)7-3/h11-13H,1-6H3;1-2H. The quantitative estimate of drug-likeness (QED) is 0.384. The van der Waals surface area contributed by atoms with Crippen LogP contribution in [0, 0.1) is 0 Å². The summed E-state index contributed by atoms with van der Waals surface area (Å²) in [6.45, 7) is 9.10. The predicted molar refractivity (Wildman–Crippen MR) is 71.0 cm³/mol. The Kier molecular flexibility index (Phi) is 5.62. The third-order valence-corrected chi connectivity index (χ3v) is 2.20. The third kappa shape index (κ3) is 6.25. The second-order valence-electron chi connectivity index (χ2n) is 5.89. The Bertz CT molecular complexity index is 345. The lowest BCUT2D eigenvalue weighted by molar-refractivity contribution is -0.288. The Labute approximate surface area is 118 Å². The Hall–Kier alpha value is -1.28. The number of hydrogen-bond acceptors (Lipinski definition) is 7. The van der Waals surface area contributed by atoms with Gasteiger partial charge in [0.2, 0.25) is 0 Å². The number of ether oxygens (including phenoxy) is 1. The maximum Gasteiger partial charge on any atom is 0.338 e. The van der Waals surface area contributed by atoms with E-state index in [1.165, 1.54) is 46.4 Å². The molecule has 0 saturated heterocycles. The van der Waals surface area contributed by atoms with Crippen LogP contribution in [-0.2, 0) is 14.3 Å². The molecule has 20 heavy (non-hydrogen) atoms. The minimum Gasteiger partial charge on any atom is -0.387 e. The smallest absolute Gasteiger partial charge is 0.338 e. The van der Waals surface area contributed by atoms with E-state index in [4.69, 9.17) is 0 Å². The fraction of sp³-hybridized carbons (Fsp3) is 0.692. The first-order valence-electron chi connectivity index (χ1n) is 6.07. The van der Waals surface area contributed by atoms with Gasteiger partial charge in [-0.25, -0.2) is 14.5 Å². The molecule has 0 aliphatic carbocycles. The minimum atomic E-state index is -1.28. The zero-order valence-corrected chi connectivity index (χ0v) is 12.7. The first-order valence-corrected chi connectivity index (χ1v) is 6.07. The molecular weight excluding hydrogens is 266 g/mol. The van der Waals surface area contributed by atoms with Crippen molar-refractivity contribution in [2.75, 3.05) is 0 Å². The number of esters is 2. The highest BCUT2D eigenvalue weighted by molar-refractivity contribution is 6.04. The summed E-state index contributed by atoms with van der Waals surface area (Å²) in [6.07, 6.45) is 2.17. The van der Waals surface area contributed by atoms with E-state index >= 15 is 0 Å². The van der Waals surface area contributed by atoms with Gasteiger partial charge in [0.05, 0.1) is 0 Å². The summed E-state index contributed by atoms with van der Waals surface area (Å²) in [6, 6.07) is 0. The normalized spacial score (nSPS) is 16.1. The number of hydrogen-bond donors (Lipinski definition) is 3. The van der Waals surface area contributed by atoms with Gasteiger partial charge < -0.3 is 20.1 Å². The second-order valence-corrected chi connectivity index (χ2v) is 5.89. The van der Waals surface area contributed by atoms with Crippen LogP contribution in [0.4, 0.5) is 0 Å². The average molecular weight is 289 g/mol. The molecule has 0 fully saturated rings. The van der Waals surface area contributed by atoms with Gasteiger partial charge in [-0.1, -0.05) is 0 Å². The van der Waals surface area contributed by atoms with Gasteiger partial charge in [0, 0.05) is 12.2 Å². The van der Waals surface area contributed by atoms with Crippen molar-refractivity contribution in [2.45, 2.75) is 58.7 Å². The van der Waals surface area contributed by atoms with Crippen LogP contribution >= 0.6 is 0 Å². The van der Waals surface area contributed by atoms with Crippen LogP contribution in [0.5, 0.6) is 0 Å². The SMILES string of the molecule is CC(C)(O)N(C(C)(C)O)C(C)(C)O.O=C1C=CC(=O)O1. The number of carbonyl (C=O) groups is 2. The zero-order valence-electron chi connectivity index (χ0n) is 12.7. The van der Waals surface area contributed by atoms with E-state index in [0.29, 0.717) is 0 Å². The molecule has 0 atom stereocenters. The van der Waals surface area contributed by atoms with E-state index in [1.54, 1.807) is 0 Å². The summed E-state index contributed by atoms with van der Waals surface area (Å²) in [5, 5.41) is 29.3. The average Bonchev–Trinajstić information content (AvgIpc) is 2.41. The molecule has 1 heterocycles. The summed E-state index contributed by atoms with van der Waals surface area (Å²) >= 11 is 0. The van der Waals surface area contributed by atoms with Gasteiger partial charge in [0.25, 0.3) is 0 Å². The lowest BCUT2D eigenvalue weighted by atomic mass is 10.1. The molecular formula is C13H23NO6. The van der Waals surface area contributed by atoms with Crippen molar-refractivity contribution in [1.82, 2.24) is 4.90 Å². The molecule has 3 N–H and O–H groups in total. The summed E-state index contributed by atoms with van der Waals surface area (Å²) in [4.78, 5) is 21.1. The number of aliphatic hydroxyl groups is 3. The molecule has 0 bridgehead atoms. The van der Waals surface area contributed by atoms with Crippen molar-refractivity contribution in [3.8, 4) is 0 Å². The van der Waals surface area contributed by atoms with Crippen LogP contribution in [0.2, 0.25) is 0 Å². The molecule has 0 spiro atoms. The second kappa shape index (κ2) is 6.01. The van der Waals surface area contributed by atoms with Gasteiger partial charge in [0.15, 0.2) is 0 Å². The Morgan fingerprint density at radius 2 is 1.05 bits per heavy atom. The summed E-state index contributed by atoms with van der Waals surface area (Å²) in [5.41, 5.74) is -3.84. The zero-order chi connectivity index (χ0) is 16.4. The highest BCUT2D eigenvalue weighted by atomic mass is 16.6. The molecule has 116 valence electrons. The Morgan fingerprint density at radius 3 is 1.10 bits per heavy atom. The van der Waals surface area contributed by atoms with Crippen molar-refractivity contribution >= 4 is 11.9 Å². The summed E-state index contributed by atoms with van der Waals surface area (Å²) < 4.78 is 3.97. The number of rotatable bonds is 3. The number of carbonyl (C=O) groups excluding carboxylic acids is 2. The van der Waals surface area contributed by atoms with E-state index in [1.807, 2.05) is 0 Å². The monoisotopic (exact) mass is 289 g/mol. The molecule has 1 aliphatic rings. The number of nitrogens with zero attached hydrogens (tertiary/aromatic N) is 1. The van der Waals surface area contributed by atoms with Gasteiger partial charge in [-0.15, -0.1) is 0 Å². The molecule has 7 nitrogen and oxygen atoms in total. The van der Waals surface area contributed by atoms with Crippen molar-refractivity contribution < 1.29 is 29.6 Å². The third-order valence-electron chi connectivity index (χ3n) is 2.20. The van der Waals surface area contributed by atoms with Crippen LogP contribution in [0.25, 0.3) is 0 Å². The lowest BCUT2D eigenvalue weighted by Crippen LogP contribution is -2.64. The maximum atomic E-state index is 9.92. The van der Waals surface area contributed by atoms with E-state index in [2.05, 4.69) is 4.74 Å². The van der Waals surface area contributed by atoms with Gasteiger partial charge in [-0.05, 0) is 41.5 Å². The maximum absolute atomic E-state index is 9.92. The van der Waals surface area contributed by atoms with Gasteiger partial charge >= 0.3 is 11.9 Å². The van der Waals surface area contributed by atoms with Crippen LogP contribution in [0.15, 0.2) is 12.2 Å². The van der Waals surface area contributed by atoms with Crippen LogP contribution in [0.1, 0.15) is 41.5 Å². The van der Waals surface area contributed by atoms with Crippen molar-refractivity contribution in [3.63, 3.8) is 0 Å². The largest absolute Gasteiger partial charge is 0.387 e. The minimum absolute atomic E-state index is 0.579. The fourth-order valence-corrected chi connectivity index (χ4v) is 2.31. The lowest BCUT2D eigenvalue weighted by Gasteiger charge is -2.49. The molecule has 0 aromatic heterocycles. The van der Waals surface area contributed by atoms with Gasteiger partial charge in [0.1, 0.15) is 17.2 Å². The molecule has 0 aromatic carbocycles. The van der Waals surface area contributed by atoms with E-state index in [-0.39, 0.29) is 0 Å². The van der Waals surface area contributed by atoms with Crippen LogP contribution < -0.4 is 0 Å². The molecule has 0 amide bonds. The first kappa shape index (κ1) is 18.7. The highest BCUT2D eigenvalue weighted by Gasteiger charge is 2.43.